The summed E-state index contributed by atoms with van der Waals surface area (Å²) in [5, 5.41) is 18.8. The maximum Gasteiger partial charge on any atom is 0.308 e. The Balaban J connectivity index is 1.12. The van der Waals surface area contributed by atoms with Crippen LogP contribution < -0.4 is 9.64 Å². The van der Waals surface area contributed by atoms with Crippen LogP contribution in [-0.4, -0.2) is 49.8 Å². The molecule has 2 aromatic carbocycles. The fourth-order valence-corrected chi connectivity index (χ4v) is 6.76. The third-order valence-corrected chi connectivity index (χ3v) is 9.63. The van der Waals surface area contributed by atoms with Crippen molar-refractivity contribution in [3.05, 3.63) is 54.6 Å². The molecule has 0 spiro atoms. The number of thiazole rings is 1. The second kappa shape index (κ2) is 21.1. The van der Waals surface area contributed by atoms with E-state index in [-0.39, 0.29) is 17.9 Å². The molecule has 0 aliphatic heterocycles. The zero-order valence-corrected chi connectivity index (χ0v) is 31.1. The zero-order valence-electron chi connectivity index (χ0n) is 29.5. The first kappa shape index (κ1) is 38.6. The van der Waals surface area contributed by atoms with Crippen molar-refractivity contribution in [3.63, 3.8) is 0 Å². The van der Waals surface area contributed by atoms with Gasteiger partial charge in [-0.05, 0) is 74.4 Å². The van der Waals surface area contributed by atoms with Crippen LogP contribution in [0.4, 0.5) is 27.2 Å². The summed E-state index contributed by atoms with van der Waals surface area (Å²) in [5.74, 6) is 0.410. The Morgan fingerprint density at radius 2 is 1.38 bits per heavy atom. The Morgan fingerprint density at radius 1 is 0.760 bits per heavy atom. The lowest BCUT2D eigenvalue weighted by Gasteiger charge is -2.22. The summed E-state index contributed by atoms with van der Waals surface area (Å²) < 4.78 is 17.2. The van der Waals surface area contributed by atoms with Crippen molar-refractivity contribution in [1.82, 2.24) is 4.98 Å². The summed E-state index contributed by atoms with van der Waals surface area (Å²) in [5.41, 5.74) is 2.51. The molecular formula is C37H48N6O5S2. The van der Waals surface area contributed by atoms with Gasteiger partial charge in [-0.25, -0.2) is 4.98 Å². The van der Waals surface area contributed by atoms with Gasteiger partial charge in [0.25, 0.3) is 0 Å². The van der Waals surface area contributed by atoms with Gasteiger partial charge in [-0.1, -0.05) is 75.0 Å². The average Bonchev–Trinajstić information content (AvgIpc) is 3.68. The van der Waals surface area contributed by atoms with Crippen LogP contribution in [0.3, 0.4) is 0 Å². The average molecular weight is 721 g/mol. The van der Waals surface area contributed by atoms with Gasteiger partial charge in [0.05, 0.1) is 41.8 Å². The highest BCUT2D eigenvalue weighted by molar-refractivity contribution is 7.30. The number of unbranched alkanes of at least 4 members (excludes halogenated alkanes) is 7. The molecule has 4 aromatic rings. The lowest BCUT2D eigenvalue weighted by molar-refractivity contribution is -0.147. The molecule has 0 N–H and O–H groups in total. The minimum absolute atomic E-state index is 0.0465. The topological polar surface area (TPSA) is 127 Å². The zero-order chi connectivity index (χ0) is 35.6. The number of azo groups is 2. The molecule has 0 radical (unpaired) electrons. The van der Waals surface area contributed by atoms with E-state index in [4.69, 9.17) is 14.2 Å². The Bertz CT molecular complexity index is 1640. The van der Waals surface area contributed by atoms with Crippen LogP contribution in [0, 0.1) is 5.92 Å². The predicted octanol–water partition coefficient (Wildman–Crippen LogP) is 11.3. The van der Waals surface area contributed by atoms with Gasteiger partial charge < -0.3 is 19.1 Å². The first-order valence-corrected chi connectivity index (χ1v) is 19.1. The molecule has 268 valence electrons. The molecule has 2 aromatic heterocycles. The minimum Gasteiger partial charge on any atom is -0.494 e. The Labute approximate surface area is 302 Å². The van der Waals surface area contributed by atoms with E-state index in [1.165, 1.54) is 55.3 Å². The molecule has 0 saturated carbocycles. The lowest BCUT2D eigenvalue weighted by atomic mass is 10.1. The molecule has 0 aliphatic carbocycles. The Hall–Kier alpha value is -4.23. The summed E-state index contributed by atoms with van der Waals surface area (Å²) in [6.07, 6.45) is 9.11. The van der Waals surface area contributed by atoms with Crippen LogP contribution in [0.5, 0.6) is 5.75 Å². The van der Waals surface area contributed by atoms with Gasteiger partial charge in [-0.15, -0.1) is 20.5 Å². The number of anilines is 1. The van der Waals surface area contributed by atoms with E-state index in [1.54, 1.807) is 0 Å². The highest BCUT2D eigenvalue weighted by atomic mass is 32.1. The van der Waals surface area contributed by atoms with E-state index in [9.17, 15) is 9.59 Å². The number of esters is 2. The third-order valence-electron chi connectivity index (χ3n) is 7.70. The van der Waals surface area contributed by atoms with Gasteiger partial charge in [0.1, 0.15) is 22.2 Å². The van der Waals surface area contributed by atoms with Gasteiger partial charge in [0.15, 0.2) is 0 Å². The molecule has 11 nitrogen and oxygen atoms in total. The summed E-state index contributed by atoms with van der Waals surface area (Å²) >= 11 is 2.92. The molecule has 13 heteroatoms. The summed E-state index contributed by atoms with van der Waals surface area (Å²) in [7, 11) is 0. The molecule has 0 aliphatic rings. The van der Waals surface area contributed by atoms with Crippen molar-refractivity contribution in [2.45, 2.75) is 79.1 Å². The van der Waals surface area contributed by atoms with Gasteiger partial charge >= 0.3 is 11.9 Å². The number of carbonyl (C=O) groups excluding carboxylic acids is 2. The van der Waals surface area contributed by atoms with Crippen LogP contribution >= 0.6 is 22.7 Å². The number of rotatable bonds is 22. The normalized spacial score (nSPS) is 11.6. The first-order chi connectivity index (χ1) is 24.3. The van der Waals surface area contributed by atoms with E-state index in [0.717, 1.165) is 69.6 Å². The number of ether oxygens (including phenoxy) is 3. The van der Waals surface area contributed by atoms with Crippen LogP contribution in [0.2, 0.25) is 0 Å². The summed E-state index contributed by atoms with van der Waals surface area (Å²) in [6.45, 7) is 10.2. The van der Waals surface area contributed by atoms with Gasteiger partial charge in [-0.3, -0.25) is 9.59 Å². The number of nitrogens with zero attached hydrogens (tertiary/aromatic N) is 6. The smallest absolute Gasteiger partial charge is 0.308 e. The van der Waals surface area contributed by atoms with Gasteiger partial charge in [-0.2, -0.15) is 0 Å². The van der Waals surface area contributed by atoms with Crippen molar-refractivity contribution >= 4 is 71.3 Å². The van der Waals surface area contributed by atoms with E-state index in [0.29, 0.717) is 31.5 Å². The van der Waals surface area contributed by atoms with E-state index >= 15 is 0 Å². The molecule has 2 heterocycles. The number of benzene rings is 2. The number of carbonyl (C=O) groups is 2. The Kier molecular flexibility index (Phi) is 16.3. The second-order valence-electron chi connectivity index (χ2n) is 12.1. The quantitative estimate of drug-likeness (QED) is 0.0449. The van der Waals surface area contributed by atoms with E-state index in [1.807, 2.05) is 68.4 Å². The monoisotopic (exact) mass is 720 g/mol. The van der Waals surface area contributed by atoms with Crippen LogP contribution in [-0.2, 0) is 19.1 Å². The predicted molar refractivity (Wildman–Crippen MR) is 201 cm³/mol. The number of fused-ring (bicyclic) bond motifs is 1. The number of thiophene rings is 1. The maximum absolute atomic E-state index is 11.4. The van der Waals surface area contributed by atoms with Crippen molar-refractivity contribution in [3.8, 4) is 5.75 Å². The Morgan fingerprint density at radius 3 is 2.00 bits per heavy atom. The highest BCUT2D eigenvalue weighted by Crippen LogP contribution is 2.39. The summed E-state index contributed by atoms with van der Waals surface area (Å²) in [4.78, 5) is 30.1. The molecule has 0 saturated heterocycles. The van der Waals surface area contributed by atoms with Gasteiger partial charge in [0.2, 0.25) is 5.13 Å². The number of hydrogen-bond donors (Lipinski definition) is 0. The van der Waals surface area contributed by atoms with E-state index in [2.05, 4.69) is 37.3 Å². The van der Waals surface area contributed by atoms with Crippen LogP contribution in [0.1, 0.15) is 79.1 Å². The van der Waals surface area contributed by atoms with Gasteiger partial charge in [0, 0.05) is 19.2 Å². The molecule has 0 fully saturated rings. The first-order valence-electron chi connectivity index (χ1n) is 17.4. The fourth-order valence-electron chi connectivity index (χ4n) is 4.91. The van der Waals surface area contributed by atoms with Crippen LogP contribution in [0.25, 0.3) is 9.53 Å². The molecule has 50 heavy (non-hydrogen) atoms. The largest absolute Gasteiger partial charge is 0.494 e. The van der Waals surface area contributed by atoms with Crippen molar-refractivity contribution in [2.75, 3.05) is 37.8 Å². The molecule has 0 atom stereocenters. The maximum atomic E-state index is 11.4. The molecule has 0 bridgehead atoms. The number of aromatic nitrogens is 1. The lowest BCUT2D eigenvalue weighted by Crippen LogP contribution is -2.27. The SMILES string of the molecule is CCN(CCOC(C)=O)c1ccc(N=Nc2nc3sc(N=Nc4ccc(OCCCCCCCCCCOC(=O)C(C)C)cc4)cc3s2)cc1. The molecule has 4 rings (SSSR count). The standard InChI is InChI=1S/C37H48N6O5S2/c1-5-43(22-25-46-28(4)44)31-18-14-29(15-19-31)40-42-37-38-35-33(49-37)26-34(50-35)41-39-30-16-20-32(21-17-30)47-23-12-10-8-6-7-9-11-13-24-48-36(45)27(2)3/h14-21,26-27H,5-13,22-25H2,1-4H3. The highest BCUT2D eigenvalue weighted by Gasteiger charge is 2.10. The number of likely N-dealkylation sites (N-methyl/N-ethyl adjacent to an activating group) is 1. The second-order valence-corrected chi connectivity index (χ2v) is 14.1. The van der Waals surface area contributed by atoms with Crippen LogP contribution in [0.15, 0.2) is 75.1 Å². The molecule has 0 unspecified atom stereocenters. The van der Waals surface area contributed by atoms with E-state index < -0.39 is 0 Å². The van der Waals surface area contributed by atoms with Crippen molar-refractivity contribution < 1.29 is 23.8 Å². The van der Waals surface area contributed by atoms with Crippen molar-refractivity contribution in [1.29, 1.82) is 0 Å². The number of hydrogen-bond acceptors (Lipinski definition) is 13. The van der Waals surface area contributed by atoms with Crippen molar-refractivity contribution in [2.24, 2.45) is 26.4 Å². The molecule has 0 amide bonds. The summed E-state index contributed by atoms with van der Waals surface area (Å²) in [6, 6.07) is 17.4. The molecular weight excluding hydrogens is 673 g/mol. The fraction of sp³-hybridized carbons (Fsp3) is 0.486. The third kappa shape index (κ3) is 13.6. The minimum atomic E-state index is -0.274.